The molecule has 0 bridgehead atoms. The first-order valence-electron chi connectivity index (χ1n) is 6.23. The Bertz CT molecular complexity index is 281. The molecule has 17 heavy (non-hydrogen) atoms. The van der Waals surface area contributed by atoms with Crippen molar-refractivity contribution < 1.29 is 9.59 Å². The van der Waals surface area contributed by atoms with Crippen LogP contribution in [0.1, 0.15) is 26.2 Å². The molecule has 1 aliphatic rings. The summed E-state index contributed by atoms with van der Waals surface area (Å²) in [4.78, 5) is 24.8. The Kier molecular flexibility index (Phi) is 5.41. The van der Waals surface area contributed by atoms with E-state index in [1.807, 2.05) is 0 Å². The summed E-state index contributed by atoms with van der Waals surface area (Å²) >= 11 is 0. The number of likely N-dealkylation sites (N-methyl/N-ethyl adjacent to an activating group) is 1. The van der Waals surface area contributed by atoms with Crippen molar-refractivity contribution in [2.24, 2.45) is 5.92 Å². The average Bonchev–Trinajstić information content (AvgIpc) is 2.34. The van der Waals surface area contributed by atoms with Crippen LogP contribution in [-0.4, -0.2) is 49.9 Å². The summed E-state index contributed by atoms with van der Waals surface area (Å²) in [5.74, 6) is 0.660. The molecule has 0 aromatic rings. The topological polar surface area (TPSA) is 61.4 Å². The molecular formula is C12H23N3O2. The number of amides is 2. The number of nitrogens with one attached hydrogen (secondary N) is 2. The minimum Gasteiger partial charge on any atom is -0.359 e. The lowest BCUT2D eigenvalue weighted by Crippen LogP contribution is -2.49. The summed E-state index contributed by atoms with van der Waals surface area (Å²) < 4.78 is 0. The van der Waals surface area contributed by atoms with Crippen LogP contribution in [0.4, 0.5) is 0 Å². The molecule has 5 nitrogen and oxygen atoms in total. The molecule has 1 fully saturated rings. The van der Waals surface area contributed by atoms with Crippen molar-refractivity contribution in [3.05, 3.63) is 0 Å². The molecule has 0 saturated carbocycles. The van der Waals surface area contributed by atoms with Gasteiger partial charge in [-0.3, -0.25) is 9.59 Å². The molecule has 1 aliphatic heterocycles. The van der Waals surface area contributed by atoms with Gasteiger partial charge in [0.15, 0.2) is 0 Å². The van der Waals surface area contributed by atoms with Crippen LogP contribution in [0.2, 0.25) is 0 Å². The van der Waals surface area contributed by atoms with Gasteiger partial charge in [0.25, 0.3) is 0 Å². The summed E-state index contributed by atoms with van der Waals surface area (Å²) in [6, 6.07) is -0.0755. The standard InChI is InChI=1S/C12H23N3O2/c1-9-4-6-14-10(8-9)12(17)15(3)7-5-11(16)13-2/h9-10,14H,4-8H2,1-3H3,(H,13,16). The molecule has 0 aliphatic carbocycles. The van der Waals surface area contributed by atoms with Crippen molar-refractivity contribution >= 4 is 11.8 Å². The van der Waals surface area contributed by atoms with E-state index in [0.29, 0.717) is 18.9 Å². The van der Waals surface area contributed by atoms with Crippen LogP contribution >= 0.6 is 0 Å². The normalized spacial score (nSPS) is 24.2. The Hall–Kier alpha value is -1.10. The van der Waals surface area contributed by atoms with Crippen LogP contribution in [0, 0.1) is 5.92 Å². The maximum atomic E-state index is 12.1. The van der Waals surface area contributed by atoms with Crippen LogP contribution < -0.4 is 10.6 Å². The Morgan fingerprint density at radius 3 is 2.76 bits per heavy atom. The van der Waals surface area contributed by atoms with E-state index >= 15 is 0 Å². The Morgan fingerprint density at radius 1 is 1.47 bits per heavy atom. The molecule has 5 heteroatoms. The minimum atomic E-state index is -0.0755. The first kappa shape index (κ1) is 14.0. The molecule has 2 amide bonds. The summed E-state index contributed by atoms with van der Waals surface area (Å²) in [5.41, 5.74) is 0. The molecule has 0 radical (unpaired) electrons. The van der Waals surface area contributed by atoms with Crippen LogP contribution in [0.3, 0.4) is 0 Å². The van der Waals surface area contributed by atoms with E-state index in [1.54, 1.807) is 19.0 Å². The van der Waals surface area contributed by atoms with Crippen LogP contribution in [0.15, 0.2) is 0 Å². The Balaban J connectivity index is 2.37. The summed E-state index contributed by atoms with van der Waals surface area (Å²) in [6.07, 6.45) is 2.38. The van der Waals surface area contributed by atoms with Gasteiger partial charge in [-0.25, -0.2) is 0 Å². The quantitative estimate of drug-likeness (QED) is 0.726. The molecule has 1 saturated heterocycles. The lowest BCUT2D eigenvalue weighted by atomic mass is 9.93. The molecule has 2 atom stereocenters. The fourth-order valence-electron chi connectivity index (χ4n) is 2.07. The van der Waals surface area contributed by atoms with E-state index in [-0.39, 0.29) is 17.9 Å². The zero-order valence-corrected chi connectivity index (χ0v) is 11.0. The lowest BCUT2D eigenvalue weighted by Gasteiger charge is -2.30. The van der Waals surface area contributed by atoms with Crippen molar-refractivity contribution in [1.29, 1.82) is 0 Å². The lowest BCUT2D eigenvalue weighted by molar-refractivity contribution is -0.133. The molecule has 0 aromatic carbocycles. The highest BCUT2D eigenvalue weighted by Crippen LogP contribution is 2.16. The zero-order valence-electron chi connectivity index (χ0n) is 11.0. The maximum absolute atomic E-state index is 12.1. The van der Waals surface area contributed by atoms with Gasteiger partial charge in [0.2, 0.25) is 11.8 Å². The number of carbonyl (C=O) groups is 2. The third-order valence-corrected chi connectivity index (χ3v) is 3.29. The van der Waals surface area contributed by atoms with Crippen molar-refractivity contribution in [1.82, 2.24) is 15.5 Å². The Labute approximate surface area is 103 Å². The average molecular weight is 241 g/mol. The van der Waals surface area contributed by atoms with E-state index in [1.165, 1.54) is 0 Å². The third-order valence-electron chi connectivity index (χ3n) is 3.29. The van der Waals surface area contributed by atoms with Gasteiger partial charge in [0, 0.05) is 27.1 Å². The molecule has 2 N–H and O–H groups in total. The highest BCUT2D eigenvalue weighted by atomic mass is 16.2. The second-order valence-electron chi connectivity index (χ2n) is 4.82. The monoisotopic (exact) mass is 241 g/mol. The fraction of sp³-hybridized carbons (Fsp3) is 0.833. The zero-order chi connectivity index (χ0) is 12.8. The van der Waals surface area contributed by atoms with Gasteiger partial charge in [-0.2, -0.15) is 0 Å². The number of carbonyl (C=O) groups excluding carboxylic acids is 2. The van der Waals surface area contributed by atoms with Crippen molar-refractivity contribution in [2.75, 3.05) is 27.2 Å². The van der Waals surface area contributed by atoms with Gasteiger partial charge < -0.3 is 15.5 Å². The first-order chi connectivity index (χ1) is 8.04. The smallest absolute Gasteiger partial charge is 0.239 e. The summed E-state index contributed by atoms with van der Waals surface area (Å²) in [5, 5.41) is 5.79. The second kappa shape index (κ2) is 6.59. The first-order valence-corrected chi connectivity index (χ1v) is 6.23. The van der Waals surface area contributed by atoms with E-state index in [2.05, 4.69) is 17.6 Å². The van der Waals surface area contributed by atoms with Crippen molar-refractivity contribution in [3.63, 3.8) is 0 Å². The number of rotatable bonds is 4. The molecule has 1 rings (SSSR count). The molecule has 2 unspecified atom stereocenters. The number of hydrogen-bond donors (Lipinski definition) is 2. The van der Waals surface area contributed by atoms with Gasteiger partial charge >= 0.3 is 0 Å². The minimum absolute atomic E-state index is 0.0328. The van der Waals surface area contributed by atoms with E-state index in [0.717, 1.165) is 19.4 Å². The largest absolute Gasteiger partial charge is 0.359 e. The van der Waals surface area contributed by atoms with Gasteiger partial charge in [-0.1, -0.05) is 6.92 Å². The Morgan fingerprint density at radius 2 is 2.18 bits per heavy atom. The predicted molar refractivity (Wildman–Crippen MR) is 66.5 cm³/mol. The number of hydrogen-bond acceptors (Lipinski definition) is 3. The molecule has 0 spiro atoms. The SMILES string of the molecule is CNC(=O)CCN(C)C(=O)C1CC(C)CCN1. The highest BCUT2D eigenvalue weighted by Gasteiger charge is 2.26. The third kappa shape index (κ3) is 4.34. The number of piperidine rings is 1. The second-order valence-corrected chi connectivity index (χ2v) is 4.82. The molecular weight excluding hydrogens is 218 g/mol. The van der Waals surface area contributed by atoms with Crippen molar-refractivity contribution in [2.45, 2.75) is 32.2 Å². The van der Waals surface area contributed by atoms with Gasteiger partial charge in [0.05, 0.1) is 6.04 Å². The predicted octanol–water partition coefficient (Wildman–Crippen LogP) is -0.0310. The van der Waals surface area contributed by atoms with Crippen LogP contribution in [0.25, 0.3) is 0 Å². The highest BCUT2D eigenvalue weighted by molar-refractivity contribution is 5.82. The van der Waals surface area contributed by atoms with E-state index in [9.17, 15) is 9.59 Å². The van der Waals surface area contributed by atoms with Gasteiger partial charge in [-0.05, 0) is 25.3 Å². The van der Waals surface area contributed by atoms with Gasteiger partial charge in [0.1, 0.15) is 0 Å². The molecule has 98 valence electrons. The van der Waals surface area contributed by atoms with Crippen molar-refractivity contribution in [3.8, 4) is 0 Å². The summed E-state index contributed by atoms with van der Waals surface area (Å²) in [6.45, 7) is 3.55. The van der Waals surface area contributed by atoms with Crippen LogP contribution in [-0.2, 0) is 9.59 Å². The van der Waals surface area contributed by atoms with Crippen LogP contribution in [0.5, 0.6) is 0 Å². The maximum Gasteiger partial charge on any atom is 0.239 e. The fourth-order valence-corrected chi connectivity index (χ4v) is 2.07. The molecule has 1 heterocycles. The summed E-state index contributed by atoms with van der Waals surface area (Å²) in [7, 11) is 3.36. The van der Waals surface area contributed by atoms with Gasteiger partial charge in [-0.15, -0.1) is 0 Å². The molecule has 0 aromatic heterocycles. The van der Waals surface area contributed by atoms with E-state index in [4.69, 9.17) is 0 Å². The van der Waals surface area contributed by atoms with E-state index < -0.39 is 0 Å². The number of nitrogens with zero attached hydrogens (tertiary/aromatic N) is 1.